The van der Waals surface area contributed by atoms with Gasteiger partial charge in [0.2, 0.25) is 23.6 Å². The van der Waals surface area contributed by atoms with Crippen molar-refractivity contribution >= 4 is 39.3 Å². The highest BCUT2D eigenvalue weighted by Crippen LogP contribution is 2.29. The van der Waals surface area contributed by atoms with E-state index in [9.17, 15) is 37.7 Å². The van der Waals surface area contributed by atoms with Gasteiger partial charge in [-0.2, -0.15) is 4.31 Å². The summed E-state index contributed by atoms with van der Waals surface area (Å²) >= 11 is 0. The number of nitro groups is 1. The minimum absolute atomic E-state index is 0.0247. The Morgan fingerprint density at radius 2 is 1.62 bits per heavy atom. The van der Waals surface area contributed by atoms with E-state index in [2.05, 4.69) is 10.6 Å². The molecule has 0 bridgehead atoms. The van der Waals surface area contributed by atoms with Crippen LogP contribution in [0.3, 0.4) is 0 Å². The second kappa shape index (κ2) is 14.5. The Balaban J connectivity index is 2.72. The summed E-state index contributed by atoms with van der Waals surface area (Å²) in [6.07, 6.45) is 0.237. The monoisotopic (exact) mass is 610 g/mol. The number of para-hydroxylation sites is 1. The van der Waals surface area contributed by atoms with Crippen molar-refractivity contribution in [2.45, 2.75) is 89.9 Å². The van der Waals surface area contributed by atoms with E-state index in [-0.39, 0.29) is 44.2 Å². The van der Waals surface area contributed by atoms with Crippen LogP contribution >= 0.6 is 0 Å². The Morgan fingerprint density at radius 1 is 1.02 bits per heavy atom. The van der Waals surface area contributed by atoms with Crippen LogP contribution in [0.1, 0.15) is 60.8 Å². The summed E-state index contributed by atoms with van der Waals surface area (Å²) in [5.74, 6) is -3.02. The molecule has 4 amide bonds. The van der Waals surface area contributed by atoms with Crippen molar-refractivity contribution < 1.29 is 32.5 Å². The third-order valence-corrected chi connectivity index (χ3v) is 8.96. The average Bonchev–Trinajstić information content (AvgIpc) is 2.90. The molecule has 4 N–H and O–H groups in total. The summed E-state index contributed by atoms with van der Waals surface area (Å²) in [5.41, 5.74) is 4.87. The second-order valence-corrected chi connectivity index (χ2v) is 13.2. The number of primary amides is 1. The summed E-state index contributed by atoms with van der Waals surface area (Å²) < 4.78 is 29.0. The van der Waals surface area contributed by atoms with Gasteiger partial charge in [-0.3, -0.25) is 29.3 Å². The van der Waals surface area contributed by atoms with Crippen molar-refractivity contribution in [2.75, 3.05) is 13.1 Å². The number of nitrogens with one attached hydrogen (secondary N) is 2. The Morgan fingerprint density at radius 3 is 2.17 bits per heavy atom. The van der Waals surface area contributed by atoms with Crippen LogP contribution in [0.4, 0.5) is 5.69 Å². The van der Waals surface area contributed by atoms with Crippen LogP contribution in [-0.4, -0.2) is 83.4 Å². The summed E-state index contributed by atoms with van der Waals surface area (Å²) in [4.78, 5) is 64.2. The SMILES string of the molecule is CC(C)CC1NC(=O)[C@H](C)NC(=O)C(CC(C)C)N(S(=O)(=O)c2ccccc2[N+](=O)[O-])CCCN([C@@H](C)C(N)=O)C1=O. The van der Waals surface area contributed by atoms with E-state index in [0.29, 0.717) is 0 Å². The first-order chi connectivity index (χ1) is 19.5. The van der Waals surface area contributed by atoms with Gasteiger partial charge in [-0.25, -0.2) is 8.42 Å². The van der Waals surface area contributed by atoms with Gasteiger partial charge in [0.15, 0.2) is 4.90 Å². The van der Waals surface area contributed by atoms with Crippen LogP contribution in [0.5, 0.6) is 0 Å². The lowest BCUT2D eigenvalue weighted by molar-refractivity contribution is -0.387. The normalized spacial score (nSPS) is 22.5. The van der Waals surface area contributed by atoms with Crippen molar-refractivity contribution in [1.29, 1.82) is 0 Å². The molecular formula is C27H42N6O8S. The van der Waals surface area contributed by atoms with E-state index in [0.717, 1.165) is 16.4 Å². The lowest BCUT2D eigenvalue weighted by Gasteiger charge is -2.33. The van der Waals surface area contributed by atoms with Crippen molar-refractivity contribution in [2.24, 2.45) is 17.6 Å². The first-order valence-electron chi connectivity index (χ1n) is 13.9. The predicted molar refractivity (Wildman–Crippen MR) is 154 cm³/mol. The van der Waals surface area contributed by atoms with E-state index in [1.807, 2.05) is 13.8 Å². The summed E-state index contributed by atoms with van der Waals surface area (Å²) in [6, 6.07) is 0.211. The number of nitrogens with two attached hydrogens (primary N) is 1. The molecule has 0 aliphatic carbocycles. The van der Waals surface area contributed by atoms with Crippen LogP contribution in [0, 0.1) is 22.0 Å². The highest BCUT2D eigenvalue weighted by atomic mass is 32.2. The van der Waals surface area contributed by atoms with E-state index >= 15 is 0 Å². The Labute approximate surface area is 246 Å². The second-order valence-electron chi connectivity index (χ2n) is 11.4. The Kier molecular flexibility index (Phi) is 12.0. The molecule has 0 radical (unpaired) electrons. The average molecular weight is 611 g/mol. The van der Waals surface area contributed by atoms with E-state index < -0.39 is 73.3 Å². The zero-order valence-electron chi connectivity index (χ0n) is 24.9. The molecule has 0 aromatic heterocycles. The Hall–Kier alpha value is -3.59. The smallest absolute Gasteiger partial charge is 0.289 e. The van der Waals surface area contributed by atoms with Gasteiger partial charge in [-0.05, 0) is 51.0 Å². The number of carbonyl (C=O) groups is 4. The van der Waals surface area contributed by atoms with Crippen molar-refractivity contribution in [3.05, 3.63) is 34.4 Å². The number of nitro benzene ring substituents is 1. The van der Waals surface area contributed by atoms with Crippen LogP contribution in [0.2, 0.25) is 0 Å². The number of benzene rings is 1. The maximum Gasteiger partial charge on any atom is 0.289 e. The molecule has 1 aromatic carbocycles. The van der Waals surface area contributed by atoms with Gasteiger partial charge in [0.05, 0.1) is 4.92 Å². The molecule has 1 heterocycles. The zero-order valence-corrected chi connectivity index (χ0v) is 25.7. The van der Waals surface area contributed by atoms with Crippen molar-refractivity contribution in [1.82, 2.24) is 19.8 Å². The first-order valence-corrected chi connectivity index (χ1v) is 15.4. The zero-order chi connectivity index (χ0) is 31.9. The van der Waals surface area contributed by atoms with Crippen LogP contribution in [0.25, 0.3) is 0 Å². The fourth-order valence-electron chi connectivity index (χ4n) is 4.81. The molecule has 1 aliphatic heterocycles. The quantitative estimate of drug-likeness (QED) is 0.273. The molecular weight excluding hydrogens is 568 g/mol. The minimum Gasteiger partial charge on any atom is -0.368 e. The largest absolute Gasteiger partial charge is 0.368 e. The van der Waals surface area contributed by atoms with E-state index in [1.165, 1.54) is 30.9 Å². The van der Waals surface area contributed by atoms with Gasteiger partial charge in [0.25, 0.3) is 15.7 Å². The molecule has 15 heteroatoms. The van der Waals surface area contributed by atoms with Crippen molar-refractivity contribution in [3.63, 3.8) is 0 Å². The molecule has 0 saturated carbocycles. The number of sulfonamides is 1. The lowest BCUT2D eigenvalue weighted by Crippen LogP contribution is -2.57. The maximum atomic E-state index is 14.0. The van der Waals surface area contributed by atoms with Gasteiger partial charge in [0.1, 0.15) is 24.2 Å². The van der Waals surface area contributed by atoms with E-state index in [4.69, 9.17) is 5.73 Å². The first kappa shape index (κ1) is 34.6. The molecule has 234 valence electrons. The van der Waals surface area contributed by atoms with Gasteiger partial charge in [0, 0.05) is 19.2 Å². The molecule has 2 unspecified atom stereocenters. The lowest BCUT2D eigenvalue weighted by atomic mass is 10.0. The third-order valence-electron chi connectivity index (χ3n) is 7.01. The molecule has 4 atom stereocenters. The van der Waals surface area contributed by atoms with Gasteiger partial charge in [-0.15, -0.1) is 0 Å². The van der Waals surface area contributed by atoms with Gasteiger partial charge in [-0.1, -0.05) is 39.8 Å². The summed E-state index contributed by atoms with van der Waals surface area (Å²) in [6.45, 7) is 9.66. The maximum absolute atomic E-state index is 14.0. The van der Waals surface area contributed by atoms with Crippen LogP contribution in [-0.2, 0) is 29.2 Å². The highest BCUT2D eigenvalue weighted by Gasteiger charge is 2.41. The summed E-state index contributed by atoms with van der Waals surface area (Å²) in [5, 5.41) is 17.0. The molecule has 1 saturated heterocycles. The fraction of sp³-hybridized carbons (Fsp3) is 0.630. The third kappa shape index (κ3) is 8.47. The molecule has 42 heavy (non-hydrogen) atoms. The molecule has 1 aliphatic rings. The molecule has 1 fully saturated rings. The highest BCUT2D eigenvalue weighted by molar-refractivity contribution is 7.89. The fourth-order valence-corrected chi connectivity index (χ4v) is 6.60. The van der Waals surface area contributed by atoms with Gasteiger partial charge >= 0.3 is 0 Å². The molecule has 0 spiro atoms. The van der Waals surface area contributed by atoms with E-state index in [1.54, 1.807) is 13.8 Å². The molecule has 2 rings (SSSR count). The molecule has 14 nitrogen and oxygen atoms in total. The standard InChI is InChI=1S/C27H42N6O8S/c1-16(2)14-20-27(37)31(19(6)24(28)34)12-9-13-32(42(40,41)23-11-8-7-10-21(23)33(38)39)22(15-17(3)4)26(36)29-18(5)25(35)30-20/h7-8,10-11,16-20,22H,9,12-15H2,1-6H3,(H2,28,34)(H,29,36)(H,30,35)/t18-,19-,20?,22?/m0/s1. The Bertz CT molecular complexity index is 1280. The number of nitrogens with zero attached hydrogens (tertiary/aromatic N) is 3. The predicted octanol–water partition coefficient (Wildman–Crippen LogP) is 1.14. The van der Waals surface area contributed by atoms with Crippen LogP contribution in [0.15, 0.2) is 29.2 Å². The van der Waals surface area contributed by atoms with Gasteiger partial charge < -0.3 is 21.3 Å². The number of hydrogen-bond donors (Lipinski definition) is 3. The molecule has 1 aromatic rings. The summed E-state index contributed by atoms with van der Waals surface area (Å²) in [7, 11) is -4.65. The number of hydrogen-bond acceptors (Lipinski definition) is 8. The topological polar surface area (TPSA) is 202 Å². The van der Waals surface area contributed by atoms with Crippen LogP contribution < -0.4 is 16.4 Å². The minimum atomic E-state index is -4.65. The number of rotatable bonds is 9. The number of amides is 4. The number of carbonyl (C=O) groups excluding carboxylic acids is 4. The van der Waals surface area contributed by atoms with Crippen molar-refractivity contribution in [3.8, 4) is 0 Å².